The zero-order valence-corrected chi connectivity index (χ0v) is 11.6. The molecule has 1 heterocycles. The lowest BCUT2D eigenvalue weighted by molar-refractivity contribution is 0.0861. The summed E-state index contributed by atoms with van der Waals surface area (Å²) in [5.74, 6) is 1.23. The number of carbonyl (C=O) groups is 1. The Bertz CT molecular complexity index is 636. The van der Waals surface area contributed by atoms with E-state index in [0.717, 1.165) is 11.3 Å². The molecule has 3 nitrogen and oxygen atoms in total. The third-order valence-electron chi connectivity index (χ3n) is 3.37. The molecule has 2 atom stereocenters. The summed E-state index contributed by atoms with van der Waals surface area (Å²) < 4.78 is 11.0. The summed E-state index contributed by atoms with van der Waals surface area (Å²) in [6.45, 7) is 0. The van der Waals surface area contributed by atoms with Gasteiger partial charge in [-0.05, 0) is 29.8 Å². The van der Waals surface area contributed by atoms with Gasteiger partial charge in [-0.15, -0.1) is 11.6 Å². The van der Waals surface area contributed by atoms with Crippen LogP contribution in [0.25, 0.3) is 0 Å². The van der Waals surface area contributed by atoms with E-state index in [1.54, 1.807) is 25.3 Å². The number of hydrogen-bond donors (Lipinski definition) is 0. The highest BCUT2D eigenvalue weighted by Crippen LogP contribution is 2.37. The van der Waals surface area contributed by atoms with Crippen LogP contribution in [-0.2, 0) is 0 Å². The van der Waals surface area contributed by atoms with Gasteiger partial charge in [0.1, 0.15) is 23.0 Å². The summed E-state index contributed by atoms with van der Waals surface area (Å²) in [7, 11) is 1.61. The van der Waals surface area contributed by atoms with E-state index in [-0.39, 0.29) is 5.78 Å². The predicted molar refractivity (Wildman–Crippen MR) is 76.8 cm³/mol. The van der Waals surface area contributed by atoms with Crippen molar-refractivity contribution >= 4 is 17.4 Å². The number of Topliss-reactive ketones (excluding diaryl/α,β-unsaturated/α-hetero) is 1. The highest BCUT2D eigenvalue weighted by atomic mass is 35.5. The first-order valence-electron chi connectivity index (χ1n) is 6.28. The average molecular weight is 289 g/mol. The Hall–Kier alpha value is -2.00. The number of ketones is 1. The number of halogens is 1. The largest absolute Gasteiger partial charge is 0.497 e. The molecule has 2 aromatic carbocycles. The molecule has 2 unspecified atom stereocenters. The molecular weight excluding hydrogens is 276 g/mol. The number of alkyl halides is 1. The molecule has 0 saturated heterocycles. The molecule has 0 aliphatic carbocycles. The van der Waals surface area contributed by atoms with Crippen LogP contribution >= 0.6 is 11.6 Å². The number of ether oxygens (including phenoxy) is 2. The van der Waals surface area contributed by atoms with Crippen LogP contribution < -0.4 is 9.47 Å². The number of carbonyl (C=O) groups excluding carboxylic acids is 1. The topological polar surface area (TPSA) is 35.5 Å². The maximum absolute atomic E-state index is 12.3. The fourth-order valence-electron chi connectivity index (χ4n) is 2.29. The van der Waals surface area contributed by atoms with Crippen LogP contribution in [0.1, 0.15) is 22.0 Å². The Kier molecular flexibility index (Phi) is 3.36. The zero-order valence-electron chi connectivity index (χ0n) is 10.9. The van der Waals surface area contributed by atoms with Gasteiger partial charge in [-0.2, -0.15) is 0 Å². The van der Waals surface area contributed by atoms with Crippen molar-refractivity contribution in [3.63, 3.8) is 0 Å². The molecule has 4 heteroatoms. The van der Waals surface area contributed by atoms with Crippen molar-refractivity contribution in [2.75, 3.05) is 7.11 Å². The Morgan fingerprint density at radius 2 is 1.80 bits per heavy atom. The lowest BCUT2D eigenvalue weighted by Gasteiger charge is -2.29. The van der Waals surface area contributed by atoms with Crippen molar-refractivity contribution < 1.29 is 14.3 Å². The lowest BCUT2D eigenvalue weighted by atomic mass is 9.96. The van der Waals surface area contributed by atoms with Crippen LogP contribution in [0, 0.1) is 0 Å². The average Bonchev–Trinajstić information content (AvgIpc) is 2.51. The molecule has 1 aliphatic rings. The molecule has 0 fully saturated rings. The van der Waals surface area contributed by atoms with Crippen molar-refractivity contribution in [1.82, 2.24) is 0 Å². The minimum Gasteiger partial charge on any atom is -0.497 e. The van der Waals surface area contributed by atoms with Gasteiger partial charge in [-0.3, -0.25) is 4.79 Å². The quantitative estimate of drug-likeness (QED) is 0.792. The molecule has 0 radical (unpaired) electrons. The summed E-state index contributed by atoms with van der Waals surface area (Å²) in [4.78, 5) is 12.3. The van der Waals surface area contributed by atoms with Crippen LogP contribution in [0.2, 0.25) is 0 Å². The van der Waals surface area contributed by atoms with Gasteiger partial charge in [-0.1, -0.05) is 24.3 Å². The van der Waals surface area contributed by atoms with Crippen LogP contribution in [0.3, 0.4) is 0 Å². The maximum atomic E-state index is 12.3. The number of benzene rings is 2. The van der Waals surface area contributed by atoms with Gasteiger partial charge in [0.2, 0.25) is 0 Å². The van der Waals surface area contributed by atoms with E-state index in [9.17, 15) is 4.79 Å². The van der Waals surface area contributed by atoms with Crippen molar-refractivity contribution in [2.24, 2.45) is 0 Å². The molecule has 102 valence electrons. The minimum atomic E-state index is -0.724. The van der Waals surface area contributed by atoms with Crippen molar-refractivity contribution in [2.45, 2.75) is 11.5 Å². The zero-order chi connectivity index (χ0) is 14.1. The number of rotatable bonds is 2. The first kappa shape index (κ1) is 13.0. The monoisotopic (exact) mass is 288 g/mol. The molecule has 3 rings (SSSR count). The Morgan fingerprint density at radius 3 is 2.50 bits per heavy atom. The van der Waals surface area contributed by atoms with E-state index in [1.165, 1.54) is 0 Å². The first-order chi connectivity index (χ1) is 9.70. The summed E-state index contributed by atoms with van der Waals surface area (Å²) >= 11 is 6.26. The molecule has 0 spiro atoms. The van der Waals surface area contributed by atoms with Gasteiger partial charge >= 0.3 is 0 Å². The summed E-state index contributed by atoms with van der Waals surface area (Å²) in [5.41, 5.74) is 1.39. The van der Waals surface area contributed by atoms with Crippen molar-refractivity contribution in [3.8, 4) is 11.5 Å². The molecule has 0 N–H and O–H groups in total. The van der Waals surface area contributed by atoms with Crippen molar-refractivity contribution in [1.29, 1.82) is 0 Å². The smallest absolute Gasteiger partial charge is 0.188 e. The van der Waals surface area contributed by atoms with Crippen LogP contribution in [0.15, 0.2) is 48.5 Å². The fourth-order valence-corrected chi connectivity index (χ4v) is 2.60. The van der Waals surface area contributed by atoms with Gasteiger partial charge in [0.25, 0.3) is 0 Å². The Morgan fingerprint density at radius 1 is 1.10 bits per heavy atom. The van der Waals surface area contributed by atoms with Gasteiger partial charge in [-0.25, -0.2) is 0 Å². The Labute approximate surface area is 122 Å². The highest BCUT2D eigenvalue weighted by Gasteiger charge is 2.36. The van der Waals surface area contributed by atoms with E-state index >= 15 is 0 Å². The second-order valence-corrected chi connectivity index (χ2v) is 5.04. The molecule has 0 saturated carbocycles. The van der Waals surface area contributed by atoms with Crippen LogP contribution in [0.5, 0.6) is 11.5 Å². The molecular formula is C16H13ClO3. The van der Waals surface area contributed by atoms with E-state index in [4.69, 9.17) is 21.1 Å². The summed E-state index contributed by atoms with van der Waals surface area (Å²) in [6.07, 6.45) is -0.482. The molecule has 20 heavy (non-hydrogen) atoms. The molecule has 0 bridgehead atoms. The van der Waals surface area contributed by atoms with Gasteiger partial charge in [0, 0.05) is 0 Å². The van der Waals surface area contributed by atoms with Gasteiger partial charge < -0.3 is 9.47 Å². The van der Waals surface area contributed by atoms with E-state index < -0.39 is 11.5 Å². The van der Waals surface area contributed by atoms with Crippen LogP contribution in [-0.4, -0.2) is 18.3 Å². The fraction of sp³-hybridized carbons (Fsp3) is 0.188. The second kappa shape index (κ2) is 5.17. The lowest BCUT2D eigenvalue weighted by Crippen LogP contribution is -2.32. The first-order valence-corrected chi connectivity index (χ1v) is 6.72. The molecule has 2 aromatic rings. The van der Waals surface area contributed by atoms with E-state index in [1.807, 2.05) is 30.3 Å². The second-order valence-electron chi connectivity index (χ2n) is 4.57. The number of hydrogen-bond acceptors (Lipinski definition) is 3. The third kappa shape index (κ3) is 2.14. The molecule has 0 aromatic heterocycles. The third-order valence-corrected chi connectivity index (χ3v) is 3.79. The number of fused-ring (bicyclic) bond motifs is 1. The minimum absolute atomic E-state index is 0.102. The summed E-state index contributed by atoms with van der Waals surface area (Å²) in [6, 6.07) is 14.5. The molecule has 1 aliphatic heterocycles. The van der Waals surface area contributed by atoms with Crippen molar-refractivity contribution in [3.05, 3.63) is 59.7 Å². The summed E-state index contributed by atoms with van der Waals surface area (Å²) in [5, 5.41) is -0.724. The number of para-hydroxylation sites is 1. The highest BCUT2D eigenvalue weighted by molar-refractivity contribution is 6.35. The normalized spacial score (nSPS) is 21.0. The molecule has 0 amide bonds. The van der Waals surface area contributed by atoms with Crippen LogP contribution in [0.4, 0.5) is 0 Å². The van der Waals surface area contributed by atoms with E-state index in [2.05, 4.69) is 0 Å². The standard InChI is InChI=1S/C16H13ClO3/c1-19-11-8-6-10(7-9-11)16-14(17)15(18)12-4-2-3-5-13(12)20-16/h2-9,14,16H,1H3. The van der Waals surface area contributed by atoms with Gasteiger partial charge in [0.15, 0.2) is 5.78 Å². The van der Waals surface area contributed by atoms with E-state index in [0.29, 0.717) is 11.3 Å². The SMILES string of the molecule is COc1ccc(C2Oc3ccccc3C(=O)C2Cl)cc1. The predicted octanol–water partition coefficient (Wildman–Crippen LogP) is 3.62. The van der Waals surface area contributed by atoms with Gasteiger partial charge in [0.05, 0.1) is 12.7 Å². The number of methoxy groups -OCH3 is 1. The maximum Gasteiger partial charge on any atom is 0.188 e. The Balaban J connectivity index is 1.97.